The van der Waals surface area contributed by atoms with Gasteiger partial charge in [0.05, 0.1) is 31.0 Å². The number of carboxylic acids is 1. The molecule has 1 aromatic rings. The largest absolute Gasteiger partial charge is 0.573 e. The van der Waals surface area contributed by atoms with Crippen LogP contribution in [0.2, 0.25) is 0 Å². The summed E-state index contributed by atoms with van der Waals surface area (Å²) in [6.07, 6.45) is -4.75. The van der Waals surface area contributed by atoms with Crippen LogP contribution in [0, 0.1) is 6.92 Å². The molecule has 1 aromatic heterocycles. The fraction of sp³-hybridized carbons (Fsp3) is 0.400. The third-order valence-corrected chi connectivity index (χ3v) is 2.03. The van der Waals surface area contributed by atoms with Crippen LogP contribution >= 0.6 is 0 Å². The Balaban J connectivity index is 3.28. The topological polar surface area (TPSA) is 68.7 Å². The van der Waals surface area contributed by atoms with Crippen LogP contribution < -0.4 is 9.47 Å². The van der Waals surface area contributed by atoms with Gasteiger partial charge in [-0.2, -0.15) is 0 Å². The fourth-order valence-corrected chi connectivity index (χ4v) is 1.42. The Morgan fingerprint density at radius 2 is 2.11 bits per heavy atom. The minimum absolute atomic E-state index is 0.0286. The minimum Gasteiger partial charge on any atom is -0.494 e. The maximum absolute atomic E-state index is 12.2. The summed E-state index contributed by atoms with van der Waals surface area (Å²) < 4.78 is 45.1. The van der Waals surface area contributed by atoms with Gasteiger partial charge in [0.2, 0.25) is 0 Å². The fourth-order valence-electron chi connectivity index (χ4n) is 1.42. The van der Waals surface area contributed by atoms with Crippen molar-refractivity contribution in [3.05, 3.63) is 17.5 Å². The van der Waals surface area contributed by atoms with Gasteiger partial charge in [-0.25, -0.2) is 0 Å². The Bertz CT molecular complexity index is 459. The molecule has 0 aliphatic carbocycles. The molecule has 0 spiro atoms. The van der Waals surface area contributed by atoms with Crippen molar-refractivity contribution in [2.75, 3.05) is 7.11 Å². The van der Waals surface area contributed by atoms with Crippen LogP contribution in [0.15, 0.2) is 6.20 Å². The first-order valence-corrected chi connectivity index (χ1v) is 4.74. The van der Waals surface area contributed by atoms with Crippen molar-refractivity contribution in [2.24, 2.45) is 0 Å². The highest BCUT2D eigenvalue weighted by atomic mass is 19.4. The first-order chi connectivity index (χ1) is 8.24. The lowest BCUT2D eigenvalue weighted by molar-refractivity contribution is -0.275. The van der Waals surface area contributed by atoms with Crippen molar-refractivity contribution in [3.8, 4) is 11.5 Å². The van der Waals surface area contributed by atoms with Gasteiger partial charge in [-0.3, -0.25) is 9.78 Å². The molecule has 0 unspecified atom stereocenters. The van der Waals surface area contributed by atoms with Crippen LogP contribution in [-0.4, -0.2) is 29.5 Å². The lowest BCUT2D eigenvalue weighted by Crippen LogP contribution is -2.19. The van der Waals surface area contributed by atoms with E-state index in [1.165, 1.54) is 14.0 Å². The quantitative estimate of drug-likeness (QED) is 0.900. The Morgan fingerprint density at radius 1 is 1.50 bits per heavy atom. The summed E-state index contributed by atoms with van der Waals surface area (Å²) in [5.41, 5.74) is 0.0816. The number of methoxy groups -OCH3 is 1. The summed E-state index contributed by atoms with van der Waals surface area (Å²) in [5.74, 6) is -2.00. The molecule has 5 nitrogen and oxygen atoms in total. The Morgan fingerprint density at radius 3 is 2.56 bits per heavy atom. The predicted octanol–water partition coefficient (Wildman–Crippen LogP) is 1.92. The number of alkyl halides is 3. The summed E-state index contributed by atoms with van der Waals surface area (Å²) in [6.45, 7) is 1.49. The summed E-state index contributed by atoms with van der Waals surface area (Å²) in [6, 6.07) is 0. The van der Waals surface area contributed by atoms with E-state index in [1.54, 1.807) is 0 Å². The molecule has 8 heteroatoms. The Labute approximate surface area is 100 Å². The van der Waals surface area contributed by atoms with Gasteiger partial charge in [-0.05, 0) is 6.92 Å². The molecular weight excluding hydrogens is 255 g/mol. The van der Waals surface area contributed by atoms with E-state index in [0.717, 1.165) is 6.20 Å². The highest BCUT2D eigenvalue weighted by Crippen LogP contribution is 2.33. The van der Waals surface area contributed by atoms with Gasteiger partial charge in [-0.15, -0.1) is 13.2 Å². The van der Waals surface area contributed by atoms with E-state index in [1.807, 2.05) is 0 Å². The van der Waals surface area contributed by atoms with E-state index < -0.39 is 24.5 Å². The maximum atomic E-state index is 12.2. The number of carboxylic acid groups (broad SMARTS) is 1. The lowest BCUT2D eigenvalue weighted by atomic mass is 10.1. The molecule has 0 amide bonds. The van der Waals surface area contributed by atoms with Crippen LogP contribution in [-0.2, 0) is 11.2 Å². The van der Waals surface area contributed by atoms with E-state index in [2.05, 4.69) is 9.72 Å². The van der Waals surface area contributed by atoms with Gasteiger partial charge in [0.25, 0.3) is 0 Å². The second-order valence-electron chi connectivity index (χ2n) is 3.34. The number of hydrogen-bond donors (Lipinski definition) is 1. The van der Waals surface area contributed by atoms with Crippen LogP contribution in [0.25, 0.3) is 0 Å². The molecule has 1 N–H and O–H groups in total. The molecule has 0 bridgehead atoms. The zero-order valence-electron chi connectivity index (χ0n) is 9.54. The summed E-state index contributed by atoms with van der Waals surface area (Å²) in [7, 11) is 1.22. The van der Waals surface area contributed by atoms with Crippen LogP contribution in [0.5, 0.6) is 11.5 Å². The average Bonchev–Trinajstić information content (AvgIpc) is 2.20. The van der Waals surface area contributed by atoms with Crippen molar-refractivity contribution < 1.29 is 32.5 Å². The van der Waals surface area contributed by atoms with Gasteiger partial charge in [0.1, 0.15) is 5.75 Å². The maximum Gasteiger partial charge on any atom is 0.573 e. The molecule has 0 aliphatic heterocycles. The number of aliphatic carboxylic acids is 1. The van der Waals surface area contributed by atoms with E-state index in [-0.39, 0.29) is 17.0 Å². The number of halogens is 3. The van der Waals surface area contributed by atoms with Gasteiger partial charge < -0.3 is 14.6 Å². The van der Waals surface area contributed by atoms with Crippen molar-refractivity contribution in [1.82, 2.24) is 4.98 Å². The minimum atomic E-state index is -4.92. The third kappa shape index (κ3) is 3.51. The zero-order valence-corrected chi connectivity index (χ0v) is 9.54. The number of aromatic nitrogens is 1. The second kappa shape index (κ2) is 5.11. The molecule has 0 fully saturated rings. The standard InChI is InChI=1S/C10H10F3NO4/c1-5-9(17-2)6(3-8(15)16)7(4-14-5)18-10(11,12)13/h4H,3H2,1-2H3,(H,15,16). The van der Waals surface area contributed by atoms with Crippen LogP contribution in [0.3, 0.4) is 0 Å². The first kappa shape index (κ1) is 14.1. The van der Waals surface area contributed by atoms with Gasteiger partial charge in [-0.1, -0.05) is 0 Å². The number of ether oxygens (including phenoxy) is 2. The van der Waals surface area contributed by atoms with E-state index in [4.69, 9.17) is 9.84 Å². The molecule has 0 saturated heterocycles. The molecule has 18 heavy (non-hydrogen) atoms. The second-order valence-corrected chi connectivity index (χ2v) is 3.34. The number of aryl methyl sites for hydroxylation is 1. The number of carbonyl (C=O) groups is 1. The van der Waals surface area contributed by atoms with Crippen molar-refractivity contribution in [2.45, 2.75) is 19.7 Å². The number of nitrogens with zero attached hydrogens (tertiary/aromatic N) is 1. The molecular formula is C10H10F3NO4. The van der Waals surface area contributed by atoms with Crippen molar-refractivity contribution in [3.63, 3.8) is 0 Å². The average molecular weight is 265 g/mol. The van der Waals surface area contributed by atoms with E-state index in [9.17, 15) is 18.0 Å². The SMILES string of the molecule is COc1c(C)ncc(OC(F)(F)F)c1CC(=O)O. The van der Waals surface area contributed by atoms with Gasteiger partial charge in [0.15, 0.2) is 5.75 Å². The molecule has 1 rings (SSSR count). The molecule has 0 aliphatic rings. The number of rotatable bonds is 4. The molecule has 100 valence electrons. The summed E-state index contributed by atoms with van der Waals surface area (Å²) >= 11 is 0. The number of hydrogen-bond acceptors (Lipinski definition) is 4. The molecule has 0 aromatic carbocycles. The zero-order chi connectivity index (χ0) is 13.9. The molecule has 0 saturated carbocycles. The molecule has 0 radical (unpaired) electrons. The summed E-state index contributed by atoms with van der Waals surface area (Å²) in [4.78, 5) is 14.3. The van der Waals surface area contributed by atoms with Gasteiger partial charge >= 0.3 is 12.3 Å². The highest BCUT2D eigenvalue weighted by molar-refractivity contribution is 5.73. The van der Waals surface area contributed by atoms with Crippen molar-refractivity contribution >= 4 is 5.97 Å². The molecule has 1 heterocycles. The molecule has 0 atom stereocenters. The summed E-state index contributed by atoms with van der Waals surface area (Å²) in [5, 5.41) is 8.69. The van der Waals surface area contributed by atoms with E-state index in [0.29, 0.717) is 0 Å². The van der Waals surface area contributed by atoms with Gasteiger partial charge in [0, 0.05) is 0 Å². The van der Waals surface area contributed by atoms with Crippen molar-refractivity contribution in [1.29, 1.82) is 0 Å². The third-order valence-electron chi connectivity index (χ3n) is 2.03. The van der Waals surface area contributed by atoms with Crippen LogP contribution in [0.1, 0.15) is 11.3 Å². The number of pyridine rings is 1. The Hall–Kier alpha value is -1.99. The predicted molar refractivity (Wildman–Crippen MR) is 53.5 cm³/mol. The monoisotopic (exact) mass is 265 g/mol. The smallest absolute Gasteiger partial charge is 0.494 e. The van der Waals surface area contributed by atoms with E-state index >= 15 is 0 Å². The van der Waals surface area contributed by atoms with Crippen LogP contribution in [0.4, 0.5) is 13.2 Å². The highest BCUT2D eigenvalue weighted by Gasteiger charge is 2.33. The normalized spacial score (nSPS) is 11.2. The first-order valence-electron chi connectivity index (χ1n) is 4.74. The Kier molecular flexibility index (Phi) is 4.00. The lowest BCUT2D eigenvalue weighted by Gasteiger charge is -2.15.